The molecule has 1 rings (SSSR count). The zero-order valence-corrected chi connectivity index (χ0v) is 10.3. The van der Waals surface area contributed by atoms with E-state index in [1.165, 1.54) is 0 Å². The van der Waals surface area contributed by atoms with E-state index in [9.17, 15) is 4.79 Å². The number of methoxy groups -OCH3 is 1. The van der Waals surface area contributed by atoms with Crippen LogP contribution in [0.25, 0.3) is 0 Å². The molecule has 0 aliphatic rings. The molecule has 0 saturated carbocycles. The van der Waals surface area contributed by atoms with E-state index in [0.717, 1.165) is 24.2 Å². The summed E-state index contributed by atoms with van der Waals surface area (Å²) in [6.07, 6.45) is 4.02. The van der Waals surface area contributed by atoms with Gasteiger partial charge in [-0.1, -0.05) is 25.5 Å². The smallest absolute Gasteiger partial charge is 0.240 e. The highest BCUT2D eigenvalue weighted by Gasteiger charge is 1.97. The van der Waals surface area contributed by atoms with Crippen molar-refractivity contribution in [2.24, 2.45) is 5.10 Å². The fourth-order valence-electron chi connectivity index (χ4n) is 1.29. The molecule has 0 aromatic heterocycles. The Balaban J connectivity index is 2.44. The molecule has 1 N–H and O–H groups in total. The second kappa shape index (κ2) is 7.44. The van der Waals surface area contributed by atoms with Gasteiger partial charge in [0.2, 0.25) is 5.91 Å². The normalized spacial score (nSPS) is 10.5. The van der Waals surface area contributed by atoms with Crippen molar-refractivity contribution in [2.75, 3.05) is 7.11 Å². The van der Waals surface area contributed by atoms with Crippen LogP contribution < -0.4 is 10.2 Å². The minimum atomic E-state index is -0.0500. The van der Waals surface area contributed by atoms with Crippen LogP contribution in [-0.4, -0.2) is 19.2 Å². The summed E-state index contributed by atoms with van der Waals surface area (Å²) in [5.41, 5.74) is 3.38. The molecule has 92 valence electrons. The van der Waals surface area contributed by atoms with Crippen molar-refractivity contribution in [1.82, 2.24) is 5.43 Å². The predicted molar refractivity (Wildman–Crippen MR) is 68.3 cm³/mol. The summed E-state index contributed by atoms with van der Waals surface area (Å²) in [6, 6.07) is 7.47. The number of rotatable bonds is 6. The Morgan fingerprint density at radius 3 is 3.06 bits per heavy atom. The number of hydrazone groups is 1. The highest BCUT2D eigenvalue weighted by molar-refractivity contribution is 5.82. The Kier molecular flexibility index (Phi) is 5.79. The van der Waals surface area contributed by atoms with Gasteiger partial charge < -0.3 is 4.74 Å². The van der Waals surface area contributed by atoms with Gasteiger partial charge in [0.15, 0.2) is 0 Å². The van der Waals surface area contributed by atoms with Crippen LogP contribution in [0.4, 0.5) is 0 Å². The third-order valence-corrected chi connectivity index (χ3v) is 2.25. The van der Waals surface area contributed by atoms with Crippen molar-refractivity contribution < 1.29 is 9.53 Å². The summed E-state index contributed by atoms with van der Waals surface area (Å²) in [4.78, 5) is 11.3. The van der Waals surface area contributed by atoms with Gasteiger partial charge in [-0.3, -0.25) is 4.79 Å². The van der Waals surface area contributed by atoms with E-state index in [0.29, 0.717) is 6.42 Å². The largest absolute Gasteiger partial charge is 0.497 e. The van der Waals surface area contributed by atoms with Gasteiger partial charge in [-0.05, 0) is 24.1 Å². The number of hydrogen-bond donors (Lipinski definition) is 1. The fourth-order valence-corrected chi connectivity index (χ4v) is 1.29. The summed E-state index contributed by atoms with van der Waals surface area (Å²) in [6.45, 7) is 2.05. The van der Waals surface area contributed by atoms with Crippen LogP contribution in [0.1, 0.15) is 31.7 Å². The molecule has 1 amide bonds. The lowest BCUT2D eigenvalue weighted by Gasteiger charge is -2.00. The molecule has 0 aliphatic heterocycles. The first kappa shape index (κ1) is 13.2. The summed E-state index contributed by atoms with van der Waals surface area (Å²) >= 11 is 0. The Labute approximate surface area is 102 Å². The first-order valence-electron chi connectivity index (χ1n) is 5.72. The van der Waals surface area contributed by atoms with Crippen LogP contribution in [0.2, 0.25) is 0 Å². The van der Waals surface area contributed by atoms with Gasteiger partial charge in [-0.15, -0.1) is 0 Å². The molecule has 0 spiro atoms. The molecule has 0 radical (unpaired) electrons. The molecule has 0 saturated heterocycles. The second-order valence-corrected chi connectivity index (χ2v) is 3.67. The molecule has 0 bridgehead atoms. The highest BCUT2D eigenvalue weighted by atomic mass is 16.5. The van der Waals surface area contributed by atoms with Crippen molar-refractivity contribution in [3.63, 3.8) is 0 Å². The zero-order chi connectivity index (χ0) is 12.5. The molecular weight excluding hydrogens is 216 g/mol. The van der Waals surface area contributed by atoms with Crippen molar-refractivity contribution in [1.29, 1.82) is 0 Å². The summed E-state index contributed by atoms with van der Waals surface area (Å²) in [5.74, 6) is 0.720. The van der Waals surface area contributed by atoms with E-state index >= 15 is 0 Å². The number of amides is 1. The van der Waals surface area contributed by atoms with Crippen LogP contribution >= 0.6 is 0 Å². The third-order valence-electron chi connectivity index (χ3n) is 2.25. The lowest BCUT2D eigenvalue weighted by atomic mass is 10.2. The van der Waals surface area contributed by atoms with Gasteiger partial charge in [-0.2, -0.15) is 5.10 Å². The van der Waals surface area contributed by atoms with Crippen LogP contribution in [0.5, 0.6) is 5.75 Å². The molecule has 0 heterocycles. The second-order valence-electron chi connectivity index (χ2n) is 3.67. The monoisotopic (exact) mass is 234 g/mol. The SMILES string of the molecule is CCCCC(=O)N/N=C/c1cccc(OC)c1. The Morgan fingerprint density at radius 2 is 2.35 bits per heavy atom. The number of carbonyl (C=O) groups excluding carboxylic acids is 1. The van der Waals surface area contributed by atoms with Crippen LogP contribution in [0.3, 0.4) is 0 Å². The molecule has 0 aliphatic carbocycles. The molecule has 0 unspecified atom stereocenters. The lowest BCUT2D eigenvalue weighted by Crippen LogP contribution is -2.16. The van der Waals surface area contributed by atoms with Gasteiger partial charge in [0, 0.05) is 6.42 Å². The maximum absolute atomic E-state index is 11.3. The lowest BCUT2D eigenvalue weighted by molar-refractivity contribution is -0.121. The van der Waals surface area contributed by atoms with Crippen molar-refractivity contribution in [3.05, 3.63) is 29.8 Å². The van der Waals surface area contributed by atoms with Crippen molar-refractivity contribution in [2.45, 2.75) is 26.2 Å². The van der Waals surface area contributed by atoms with Gasteiger partial charge in [0.1, 0.15) is 5.75 Å². The molecule has 1 aromatic rings. The first-order chi connectivity index (χ1) is 8.26. The maximum atomic E-state index is 11.3. The number of hydrogen-bond acceptors (Lipinski definition) is 3. The van der Waals surface area contributed by atoms with Crippen LogP contribution in [0.15, 0.2) is 29.4 Å². The van der Waals surface area contributed by atoms with Gasteiger partial charge in [0.25, 0.3) is 0 Å². The van der Waals surface area contributed by atoms with Crippen molar-refractivity contribution >= 4 is 12.1 Å². The molecular formula is C13H18N2O2. The minimum Gasteiger partial charge on any atom is -0.497 e. The average molecular weight is 234 g/mol. The number of benzene rings is 1. The molecule has 4 heteroatoms. The number of nitrogens with zero attached hydrogens (tertiary/aromatic N) is 1. The molecule has 0 fully saturated rings. The third kappa shape index (κ3) is 5.15. The number of ether oxygens (including phenoxy) is 1. The van der Waals surface area contributed by atoms with E-state index < -0.39 is 0 Å². The maximum Gasteiger partial charge on any atom is 0.240 e. The van der Waals surface area contributed by atoms with Gasteiger partial charge >= 0.3 is 0 Å². The zero-order valence-electron chi connectivity index (χ0n) is 10.3. The van der Waals surface area contributed by atoms with E-state index in [1.54, 1.807) is 13.3 Å². The quantitative estimate of drug-likeness (QED) is 0.606. The molecule has 1 aromatic carbocycles. The molecule has 0 atom stereocenters. The fraction of sp³-hybridized carbons (Fsp3) is 0.385. The summed E-state index contributed by atoms with van der Waals surface area (Å²) in [5, 5.41) is 3.89. The van der Waals surface area contributed by atoms with E-state index in [1.807, 2.05) is 31.2 Å². The minimum absolute atomic E-state index is 0.0500. The van der Waals surface area contributed by atoms with Crippen LogP contribution in [0, 0.1) is 0 Å². The average Bonchev–Trinajstić information content (AvgIpc) is 2.36. The predicted octanol–water partition coefficient (Wildman–Crippen LogP) is 2.34. The number of unbranched alkanes of at least 4 members (excludes halogenated alkanes) is 1. The van der Waals surface area contributed by atoms with Crippen molar-refractivity contribution in [3.8, 4) is 5.75 Å². The topological polar surface area (TPSA) is 50.7 Å². The Hall–Kier alpha value is -1.84. The Morgan fingerprint density at radius 1 is 1.53 bits per heavy atom. The highest BCUT2D eigenvalue weighted by Crippen LogP contribution is 2.10. The first-order valence-corrected chi connectivity index (χ1v) is 5.72. The Bertz CT molecular complexity index is 389. The van der Waals surface area contributed by atoms with Gasteiger partial charge in [-0.25, -0.2) is 5.43 Å². The van der Waals surface area contributed by atoms with Crippen LogP contribution in [-0.2, 0) is 4.79 Å². The standard InChI is InChI=1S/C13H18N2O2/c1-3-4-8-13(16)15-14-10-11-6-5-7-12(9-11)17-2/h5-7,9-10H,3-4,8H2,1-2H3,(H,15,16)/b14-10+. The number of nitrogens with one attached hydrogen (secondary N) is 1. The summed E-state index contributed by atoms with van der Waals surface area (Å²) in [7, 11) is 1.61. The molecule has 4 nitrogen and oxygen atoms in total. The van der Waals surface area contributed by atoms with E-state index in [4.69, 9.17) is 4.74 Å². The number of carbonyl (C=O) groups is 1. The van der Waals surface area contributed by atoms with Gasteiger partial charge in [0.05, 0.1) is 13.3 Å². The van der Waals surface area contributed by atoms with E-state index in [-0.39, 0.29) is 5.91 Å². The summed E-state index contributed by atoms with van der Waals surface area (Å²) < 4.78 is 5.09. The molecule has 17 heavy (non-hydrogen) atoms. The van der Waals surface area contributed by atoms with E-state index in [2.05, 4.69) is 10.5 Å².